The van der Waals surface area contributed by atoms with Crippen molar-refractivity contribution in [2.45, 2.75) is 60.0 Å². The molecule has 1 heterocycles. The van der Waals surface area contributed by atoms with Gasteiger partial charge in [0.05, 0.1) is 11.3 Å². The van der Waals surface area contributed by atoms with Crippen LogP contribution in [0, 0.1) is 13.8 Å². The van der Waals surface area contributed by atoms with Gasteiger partial charge < -0.3 is 10.6 Å². The quantitative estimate of drug-likeness (QED) is 0.858. The fourth-order valence-corrected chi connectivity index (χ4v) is 2.70. The van der Waals surface area contributed by atoms with Crippen molar-refractivity contribution < 1.29 is 9.59 Å². The second kappa shape index (κ2) is 7.72. The largest absolute Gasteiger partial charge is 0.347 e. The van der Waals surface area contributed by atoms with Crippen molar-refractivity contribution in [3.63, 3.8) is 0 Å². The number of anilines is 1. The average molecular weight is 356 g/mol. The van der Waals surface area contributed by atoms with Crippen LogP contribution >= 0.6 is 0 Å². The van der Waals surface area contributed by atoms with E-state index in [1.807, 2.05) is 34.6 Å². The third-order valence-corrected chi connectivity index (χ3v) is 3.96. The molecular weight excluding hydrogens is 328 g/mol. The molecule has 0 aliphatic rings. The number of aromatic nitrogens is 2. The number of amides is 2. The number of aryl methyl sites for hydroxylation is 2. The van der Waals surface area contributed by atoms with Gasteiger partial charge in [0.2, 0.25) is 0 Å². The Morgan fingerprint density at radius 1 is 1.12 bits per heavy atom. The summed E-state index contributed by atoms with van der Waals surface area (Å²) in [7, 11) is 0. The number of rotatable bonds is 5. The Morgan fingerprint density at radius 3 is 2.42 bits per heavy atom. The number of hydrogen-bond acceptors (Lipinski definition) is 3. The molecule has 0 saturated heterocycles. The highest BCUT2D eigenvalue weighted by atomic mass is 16.2. The molecule has 0 aliphatic heterocycles. The van der Waals surface area contributed by atoms with Gasteiger partial charge in [-0.15, -0.1) is 0 Å². The van der Waals surface area contributed by atoms with Gasteiger partial charge in [-0.05, 0) is 58.7 Å². The Kier molecular flexibility index (Phi) is 5.85. The summed E-state index contributed by atoms with van der Waals surface area (Å²) in [5.74, 6) is -0.376. The molecular formula is C20H28N4O2. The number of nitrogens with zero attached hydrogens (tertiary/aromatic N) is 2. The molecule has 0 aliphatic carbocycles. The maximum absolute atomic E-state index is 12.6. The van der Waals surface area contributed by atoms with Crippen molar-refractivity contribution in [1.29, 1.82) is 0 Å². The molecule has 6 nitrogen and oxygen atoms in total. The van der Waals surface area contributed by atoms with Crippen LogP contribution in [0.1, 0.15) is 66.1 Å². The lowest BCUT2D eigenvalue weighted by atomic mass is 10.0. The van der Waals surface area contributed by atoms with E-state index < -0.39 is 0 Å². The monoisotopic (exact) mass is 356 g/mol. The number of benzene rings is 1. The minimum absolute atomic E-state index is 0.155. The van der Waals surface area contributed by atoms with Crippen LogP contribution in [0.5, 0.6) is 0 Å². The van der Waals surface area contributed by atoms with Gasteiger partial charge >= 0.3 is 0 Å². The highest BCUT2D eigenvalue weighted by Gasteiger charge is 2.19. The SMILES string of the molecule is CCCn1cc(C(=O)Nc2cccc(C(=O)NC(C)(C)C)c2C)c(C)n1. The lowest BCUT2D eigenvalue weighted by Crippen LogP contribution is -2.40. The molecule has 0 spiro atoms. The summed E-state index contributed by atoms with van der Waals surface area (Å²) in [6, 6.07) is 5.33. The van der Waals surface area contributed by atoms with E-state index >= 15 is 0 Å². The number of carbonyl (C=O) groups is 2. The van der Waals surface area contributed by atoms with Gasteiger partial charge in [0.25, 0.3) is 11.8 Å². The van der Waals surface area contributed by atoms with Gasteiger partial charge in [0.15, 0.2) is 0 Å². The molecule has 0 unspecified atom stereocenters. The van der Waals surface area contributed by atoms with Crippen molar-refractivity contribution in [3.05, 3.63) is 46.8 Å². The summed E-state index contributed by atoms with van der Waals surface area (Å²) in [6.07, 6.45) is 2.71. The van der Waals surface area contributed by atoms with E-state index in [0.29, 0.717) is 22.5 Å². The molecule has 1 aromatic carbocycles. The Labute approximate surface area is 155 Å². The van der Waals surface area contributed by atoms with Crippen molar-refractivity contribution >= 4 is 17.5 Å². The van der Waals surface area contributed by atoms with Crippen LogP contribution in [0.15, 0.2) is 24.4 Å². The van der Waals surface area contributed by atoms with Gasteiger partial charge in [0.1, 0.15) is 0 Å². The molecule has 6 heteroatoms. The van der Waals surface area contributed by atoms with Crippen LogP contribution in [0.2, 0.25) is 0 Å². The zero-order valence-electron chi connectivity index (χ0n) is 16.4. The first-order chi connectivity index (χ1) is 12.1. The fourth-order valence-electron chi connectivity index (χ4n) is 2.70. The van der Waals surface area contributed by atoms with Crippen molar-refractivity contribution in [1.82, 2.24) is 15.1 Å². The summed E-state index contributed by atoms with van der Waals surface area (Å²) in [5, 5.41) is 10.2. The molecule has 0 radical (unpaired) electrons. The molecule has 140 valence electrons. The highest BCUT2D eigenvalue weighted by Crippen LogP contribution is 2.21. The molecule has 0 fully saturated rings. The molecule has 2 amide bonds. The summed E-state index contributed by atoms with van der Waals surface area (Å²) in [4.78, 5) is 25.1. The maximum atomic E-state index is 12.6. The van der Waals surface area contributed by atoms with E-state index in [1.165, 1.54) is 0 Å². The van der Waals surface area contributed by atoms with Crippen LogP contribution in [0.4, 0.5) is 5.69 Å². The Balaban J connectivity index is 2.23. The van der Waals surface area contributed by atoms with Crippen LogP contribution in [0.25, 0.3) is 0 Å². The standard InChI is InChI=1S/C20H28N4O2/c1-7-11-24-12-16(14(3)23-24)18(25)21-17-10-8-9-15(13(17)2)19(26)22-20(4,5)6/h8-10,12H,7,11H2,1-6H3,(H,21,25)(H,22,26). The molecule has 2 N–H and O–H groups in total. The van der Waals surface area contributed by atoms with Crippen LogP contribution in [0.3, 0.4) is 0 Å². The predicted octanol–water partition coefficient (Wildman–Crippen LogP) is 3.69. The van der Waals surface area contributed by atoms with Crippen molar-refractivity contribution in [3.8, 4) is 0 Å². The normalized spacial score (nSPS) is 11.3. The summed E-state index contributed by atoms with van der Waals surface area (Å²) in [5.41, 5.74) is 2.82. The maximum Gasteiger partial charge on any atom is 0.259 e. The van der Waals surface area contributed by atoms with Crippen LogP contribution in [-0.2, 0) is 6.54 Å². The number of carbonyl (C=O) groups excluding carboxylic acids is 2. The smallest absolute Gasteiger partial charge is 0.259 e. The molecule has 0 saturated carbocycles. The van der Waals surface area contributed by atoms with E-state index in [0.717, 1.165) is 18.5 Å². The zero-order chi connectivity index (χ0) is 19.5. The lowest BCUT2D eigenvalue weighted by molar-refractivity contribution is 0.0917. The predicted molar refractivity (Wildman–Crippen MR) is 104 cm³/mol. The molecule has 2 aromatic rings. The summed E-state index contributed by atoms with van der Waals surface area (Å²) >= 11 is 0. The van der Waals surface area contributed by atoms with Crippen LogP contribution in [-0.4, -0.2) is 27.1 Å². The second-order valence-corrected chi connectivity index (χ2v) is 7.53. The van der Waals surface area contributed by atoms with Gasteiger partial charge in [-0.1, -0.05) is 13.0 Å². The lowest BCUT2D eigenvalue weighted by Gasteiger charge is -2.21. The van der Waals surface area contributed by atoms with E-state index in [9.17, 15) is 9.59 Å². The molecule has 0 bridgehead atoms. The summed E-state index contributed by atoms with van der Waals surface area (Å²) in [6.45, 7) is 12.3. The number of hydrogen-bond donors (Lipinski definition) is 2. The molecule has 0 atom stereocenters. The van der Waals surface area contributed by atoms with E-state index in [1.54, 1.807) is 29.1 Å². The third-order valence-electron chi connectivity index (χ3n) is 3.96. The van der Waals surface area contributed by atoms with Crippen molar-refractivity contribution in [2.75, 3.05) is 5.32 Å². The topological polar surface area (TPSA) is 76.0 Å². The molecule has 2 rings (SSSR count). The van der Waals surface area contributed by atoms with Gasteiger partial charge in [-0.25, -0.2) is 0 Å². The first kappa shape index (κ1) is 19.7. The fraction of sp³-hybridized carbons (Fsp3) is 0.450. The van der Waals surface area contributed by atoms with Crippen molar-refractivity contribution in [2.24, 2.45) is 0 Å². The third kappa shape index (κ3) is 4.71. The zero-order valence-corrected chi connectivity index (χ0v) is 16.4. The Hall–Kier alpha value is -2.63. The van der Waals surface area contributed by atoms with E-state index in [4.69, 9.17) is 0 Å². The van der Waals surface area contributed by atoms with Gasteiger partial charge in [-0.3, -0.25) is 14.3 Å². The van der Waals surface area contributed by atoms with Crippen LogP contribution < -0.4 is 10.6 Å². The molecule has 1 aromatic heterocycles. The average Bonchev–Trinajstić information content (AvgIpc) is 2.88. The van der Waals surface area contributed by atoms with E-state index in [-0.39, 0.29) is 17.4 Å². The second-order valence-electron chi connectivity index (χ2n) is 7.53. The summed E-state index contributed by atoms with van der Waals surface area (Å²) < 4.78 is 1.78. The highest BCUT2D eigenvalue weighted by molar-refractivity contribution is 6.06. The van der Waals surface area contributed by atoms with Gasteiger partial charge in [-0.2, -0.15) is 5.10 Å². The Bertz CT molecular complexity index is 816. The Morgan fingerprint density at radius 2 is 1.81 bits per heavy atom. The number of nitrogens with one attached hydrogen (secondary N) is 2. The first-order valence-corrected chi connectivity index (χ1v) is 8.90. The van der Waals surface area contributed by atoms with Gasteiger partial charge in [0, 0.05) is 29.5 Å². The van der Waals surface area contributed by atoms with E-state index in [2.05, 4.69) is 22.7 Å². The first-order valence-electron chi connectivity index (χ1n) is 8.90. The minimum atomic E-state index is -0.326. The molecule has 26 heavy (non-hydrogen) atoms. The minimum Gasteiger partial charge on any atom is -0.347 e.